The van der Waals surface area contributed by atoms with Crippen molar-refractivity contribution >= 4 is 33.1 Å². The zero-order valence-electron chi connectivity index (χ0n) is 6.54. The Hall–Kier alpha value is -1.29. The van der Waals surface area contributed by atoms with Crippen LogP contribution < -0.4 is 0 Å². The van der Waals surface area contributed by atoms with Crippen molar-refractivity contribution in [3.63, 3.8) is 0 Å². The minimum atomic E-state index is 0.141. The van der Waals surface area contributed by atoms with Crippen molar-refractivity contribution in [2.45, 2.75) is 0 Å². The minimum absolute atomic E-state index is 0.141. The van der Waals surface area contributed by atoms with E-state index in [1.54, 1.807) is 18.3 Å². The lowest BCUT2D eigenvalue weighted by Gasteiger charge is -1.96. The number of aldehydes is 1. The molecule has 0 saturated carbocycles. The van der Waals surface area contributed by atoms with Crippen LogP contribution in [-0.4, -0.2) is 16.4 Å². The molecule has 0 unspecified atom stereocenters. The number of aromatic amines is 1. The molecule has 0 aliphatic heterocycles. The molecule has 0 fully saturated rings. The van der Waals surface area contributed by atoms with Crippen LogP contribution in [0.4, 0.5) is 0 Å². The first-order valence-electron chi connectivity index (χ1n) is 3.67. The van der Waals surface area contributed by atoms with E-state index >= 15 is 0 Å². The fourth-order valence-corrected chi connectivity index (χ4v) is 1.85. The molecule has 0 atom stereocenters. The Morgan fingerprint density at radius 2 is 2.23 bits per heavy atom. The number of H-pyrrole nitrogens is 1. The third kappa shape index (κ3) is 1.23. The van der Waals surface area contributed by atoms with Gasteiger partial charge in [0.05, 0.1) is 5.52 Å². The van der Waals surface area contributed by atoms with Crippen LogP contribution in [0.3, 0.4) is 0 Å². The van der Waals surface area contributed by atoms with E-state index in [1.807, 2.05) is 0 Å². The predicted octanol–water partition coefficient (Wildman–Crippen LogP) is 2.45. The second kappa shape index (κ2) is 2.88. The van der Waals surface area contributed by atoms with Crippen LogP contribution in [0.5, 0.6) is 5.75 Å². The fourth-order valence-electron chi connectivity index (χ4n) is 1.29. The third-order valence-corrected chi connectivity index (χ3v) is 2.51. The Balaban J connectivity index is 2.89. The minimum Gasteiger partial charge on any atom is -0.508 e. The Labute approximate surface area is 82.5 Å². The van der Waals surface area contributed by atoms with Gasteiger partial charge in [-0.1, -0.05) is 0 Å². The van der Waals surface area contributed by atoms with Crippen molar-refractivity contribution in [2.75, 3.05) is 0 Å². The third-order valence-electron chi connectivity index (χ3n) is 1.88. The molecule has 1 aromatic heterocycles. The quantitative estimate of drug-likeness (QED) is 0.752. The van der Waals surface area contributed by atoms with Gasteiger partial charge in [0.2, 0.25) is 0 Å². The zero-order chi connectivity index (χ0) is 9.42. The van der Waals surface area contributed by atoms with Crippen LogP contribution in [-0.2, 0) is 0 Å². The van der Waals surface area contributed by atoms with Crippen molar-refractivity contribution in [1.82, 2.24) is 4.98 Å². The number of rotatable bonds is 1. The van der Waals surface area contributed by atoms with Gasteiger partial charge in [-0.15, -0.1) is 0 Å². The van der Waals surface area contributed by atoms with E-state index in [9.17, 15) is 9.90 Å². The van der Waals surface area contributed by atoms with Crippen molar-refractivity contribution in [2.24, 2.45) is 0 Å². The Bertz CT molecular complexity index is 476. The maximum absolute atomic E-state index is 10.6. The fraction of sp³-hybridized carbons (Fsp3) is 0. The number of aromatic nitrogens is 1. The van der Waals surface area contributed by atoms with Gasteiger partial charge in [-0.2, -0.15) is 0 Å². The smallest absolute Gasteiger partial charge is 0.152 e. The molecule has 0 amide bonds. The first-order chi connectivity index (χ1) is 6.22. The molecule has 0 saturated heterocycles. The molecule has 1 aromatic carbocycles. The molecule has 0 bridgehead atoms. The molecule has 2 rings (SSSR count). The van der Waals surface area contributed by atoms with Crippen LogP contribution in [0.25, 0.3) is 10.9 Å². The molecule has 1 heterocycles. The number of benzene rings is 1. The summed E-state index contributed by atoms with van der Waals surface area (Å²) in [7, 11) is 0. The van der Waals surface area contributed by atoms with Crippen LogP contribution in [0, 0.1) is 0 Å². The van der Waals surface area contributed by atoms with Crippen molar-refractivity contribution in [1.29, 1.82) is 0 Å². The van der Waals surface area contributed by atoms with E-state index < -0.39 is 0 Å². The largest absolute Gasteiger partial charge is 0.508 e. The van der Waals surface area contributed by atoms with E-state index in [-0.39, 0.29) is 5.75 Å². The Morgan fingerprint density at radius 1 is 1.46 bits per heavy atom. The van der Waals surface area contributed by atoms with E-state index in [0.29, 0.717) is 5.56 Å². The zero-order valence-corrected chi connectivity index (χ0v) is 8.13. The molecule has 3 nitrogen and oxygen atoms in total. The van der Waals surface area contributed by atoms with Gasteiger partial charge in [0.15, 0.2) is 6.29 Å². The molecule has 0 aliphatic carbocycles. The summed E-state index contributed by atoms with van der Waals surface area (Å²) in [6.45, 7) is 0. The average molecular weight is 240 g/mol. The molecular formula is C9H6BrNO2. The number of carbonyl (C=O) groups is 1. The maximum atomic E-state index is 10.6. The summed E-state index contributed by atoms with van der Waals surface area (Å²) >= 11 is 3.28. The van der Waals surface area contributed by atoms with Gasteiger partial charge in [-0.25, -0.2) is 0 Å². The average Bonchev–Trinajstić information content (AvgIpc) is 2.47. The van der Waals surface area contributed by atoms with Gasteiger partial charge >= 0.3 is 0 Å². The van der Waals surface area contributed by atoms with Crippen LogP contribution in [0.1, 0.15) is 10.4 Å². The van der Waals surface area contributed by atoms with Gasteiger partial charge in [0, 0.05) is 21.6 Å². The Kier molecular flexibility index (Phi) is 1.84. The lowest BCUT2D eigenvalue weighted by Crippen LogP contribution is -1.75. The summed E-state index contributed by atoms with van der Waals surface area (Å²) in [6.07, 6.45) is 2.37. The monoisotopic (exact) mass is 239 g/mol. The molecule has 66 valence electrons. The lowest BCUT2D eigenvalue weighted by atomic mass is 10.2. The van der Waals surface area contributed by atoms with Crippen molar-refractivity contribution in [3.8, 4) is 5.75 Å². The first kappa shape index (κ1) is 8.31. The number of hydrogen-bond acceptors (Lipinski definition) is 2. The van der Waals surface area contributed by atoms with Gasteiger partial charge < -0.3 is 10.1 Å². The summed E-state index contributed by atoms with van der Waals surface area (Å²) in [6, 6.07) is 3.13. The van der Waals surface area contributed by atoms with Gasteiger partial charge in [0.1, 0.15) is 5.75 Å². The standard InChI is InChI=1S/C9H6BrNO2/c10-8-2-6(13)1-7-5(4-12)3-11-9(7)8/h1-4,11,13H. The predicted molar refractivity (Wildman–Crippen MR) is 53.1 cm³/mol. The van der Waals surface area contributed by atoms with E-state index in [1.165, 1.54) is 0 Å². The summed E-state index contributed by atoms with van der Waals surface area (Å²) in [4.78, 5) is 13.5. The number of halogens is 1. The highest BCUT2D eigenvalue weighted by Gasteiger charge is 2.06. The number of aromatic hydroxyl groups is 1. The molecule has 0 aliphatic rings. The molecule has 2 aromatic rings. The molecule has 2 N–H and O–H groups in total. The summed E-state index contributed by atoms with van der Waals surface area (Å²) in [5, 5.41) is 10.0. The lowest BCUT2D eigenvalue weighted by molar-refractivity contribution is 0.112. The number of fused-ring (bicyclic) bond motifs is 1. The van der Waals surface area contributed by atoms with E-state index in [0.717, 1.165) is 21.7 Å². The highest BCUT2D eigenvalue weighted by atomic mass is 79.9. The number of nitrogens with one attached hydrogen (secondary N) is 1. The van der Waals surface area contributed by atoms with E-state index in [4.69, 9.17) is 0 Å². The summed E-state index contributed by atoms with van der Waals surface area (Å²) in [5.41, 5.74) is 1.37. The van der Waals surface area contributed by atoms with Crippen LogP contribution in [0.2, 0.25) is 0 Å². The number of phenols is 1. The van der Waals surface area contributed by atoms with Crippen LogP contribution in [0.15, 0.2) is 22.8 Å². The molecule has 13 heavy (non-hydrogen) atoms. The van der Waals surface area contributed by atoms with Gasteiger partial charge in [-0.05, 0) is 28.1 Å². The SMILES string of the molecule is O=Cc1c[nH]c2c(Br)cc(O)cc12. The highest BCUT2D eigenvalue weighted by Crippen LogP contribution is 2.29. The maximum Gasteiger partial charge on any atom is 0.152 e. The van der Waals surface area contributed by atoms with Gasteiger partial charge in [0.25, 0.3) is 0 Å². The number of carbonyl (C=O) groups excluding carboxylic acids is 1. The molecule has 0 spiro atoms. The summed E-state index contributed by atoms with van der Waals surface area (Å²) in [5.74, 6) is 0.141. The van der Waals surface area contributed by atoms with Gasteiger partial charge in [-0.3, -0.25) is 4.79 Å². The molecule has 4 heteroatoms. The summed E-state index contributed by atoms with van der Waals surface area (Å²) < 4.78 is 0.746. The molecular weight excluding hydrogens is 234 g/mol. The van der Waals surface area contributed by atoms with Crippen LogP contribution >= 0.6 is 15.9 Å². The van der Waals surface area contributed by atoms with Crippen molar-refractivity contribution < 1.29 is 9.90 Å². The normalized spacial score (nSPS) is 10.5. The highest BCUT2D eigenvalue weighted by molar-refractivity contribution is 9.10. The second-order valence-corrected chi connectivity index (χ2v) is 3.57. The molecule has 0 radical (unpaired) electrons. The van der Waals surface area contributed by atoms with Crippen molar-refractivity contribution in [3.05, 3.63) is 28.4 Å². The number of phenolic OH excluding ortho intramolecular Hbond substituents is 1. The Morgan fingerprint density at radius 3 is 2.92 bits per heavy atom. The van der Waals surface area contributed by atoms with E-state index in [2.05, 4.69) is 20.9 Å². The second-order valence-electron chi connectivity index (χ2n) is 2.71. The first-order valence-corrected chi connectivity index (χ1v) is 4.46. The topological polar surface area (TPSA) is 53.1 Å². The number of hydrogen-bond donors (Lipinski definition) is 2.